The summed E-state index contributed by atoms with van der Waals surface area (Å²) in [4.78, 5) is 40.4. The van der Waals surface area contributed by atoms with Crippen LogP contribution >= 0.6 is 0 Å². The van der Waals surface area contributed by atoms with E-state index in [-0.39, 0.29) is 24.2 Å². The number of ketones is 1. The predicted octanol–water partition coefficient (Wildman–Crippen LogP) is 4.20. The molecule has 30 heavy (non-hydrogen) atoms. The van der Waals surface area contributed by atoms with E-state index in [1.54, 1.807) is 22.5 Å². The van der Waals surface area contributed by atoms with Gasteiger partial charge in [-0.2, -0.15) is 0 Å². The Balaban J connectivity index is 2.44. The van der Waals surface area contributed by atoms with Gasteiger partial charge in [-0.25, -0.2) is 4.79 Å². The minimum atomic E-state index is -0.466. The first kappa shape index (κ1) is 23.4. The minimum Gasteiger partial charge on any atom is -0.464 e. The van der Waals surface area contributed by atoms with Gasteiger partial charge >= 0.3 is 5.97 Å². The SMILES string of the molecule is CCn1c(C)c(C(=O)CN(CC(C)C)C(=O)c2ccccc2C)c(C)c1C(=O)OC. The third-order valence-electron chi connectivity index (χ3n) is 5.32. The van der Waals surface area contributed by atoms with Crippen LogP contribution in [0.4, 0.5) is 0 Å². The fourth-order valence-electron chi connectivity index (χ4n) is 3.96. The molecule has 162 valence electrons. The number of hydrogen-bond acceptors (Lipinski definition) is 4. The van der Waals surface area contributed by atoms with Crippen LogP contribution in [0.2, 0.25) is 0 Å². The van der Waals surface area contributed by atoms with Crippen LogP contribution in [0, 0.1) is 26.7 Å². The number of aromatic nitrogens is 1. The van der Waals surface area contributed by atoms with Crippen molar-refractivity contribution in [2.24, 2.45) is 5.92 Å². The molecule has 6 nitrogen and oxygen atoms in total. The monoisotopic (exact) mass is 412 g/mol. The first-order valence-corrected chi connectivity index (χ1v) is 10.3. The second kappa shape index (κ2) is 9.74. The molecule has 1 heterocycles. The smallest absolute Gasteiger partial charge is 0.354 e. The maximum atomic E-state index is 13.3. The summed E-state index contributed by atoms with van der Waals surface area (Å²) in [6.45, 7) is 12.4. The molecule has 0 fully saturated rings. The van der Waals surface area contributed by atoms with Crippen molar-refractivity contribution < 1.29 is 19.1 Å². The van der Waals surface area contributed by atoms with Crippen LogP contribution in [0.1, 0.15) is 68.8 Å². The molecule has 1 aromatic carbocycles. The number of benzene rings is 1. The highest BCUT2D eigenvalue weighted by atomic mass is 16.5. The molecule has 0 radical (unpaired) electrons. The van der Waals surface area contributed by atoms with Gasteiger partial charge in [0, 0.05) is 29.9 Å². The summed E-state index contributed by atoms with van der Waals surface area (Å²) in [5, 5.41) is 0. The standard InChI is InChI=1S/C24H32N2O4/c1-8-26-18(6)21(17(5)22(26)24(29)30-7)20(27)14-25(13-15(2)3)23(28)19-12-10-9-11-16(19)4/h9-12,15H,8,13-14H2,1-7H3. The molecule has 6 heteroatoms. The molecule has 0 atom stereocenters. The number of methoxy groups -OCH3 is 1. The average Bonchev–Trinajstić information content (AvgIpc) is 2.95. The topological polar surface area (TPSA) is 68.6 Å². The number of nitrogens with zero attached hydrogens (tertiary/aromatic N) is 2. The van der Waals surface area contributed by atoms with Crippen molar-refractivity contribution in [3.8, 4) is 0 Å². The lowest BCUT2D eigenvalue weighted by Gasteiger charge is -2.25. The molecule has 0 saturated carbocycles. The maximum Gasteiger partial charge on any atom is 0.354 e. The van der Waals surface area contributed by atoms with Crippen molar-refractivity contribution in [3.05, 3.63) is 57.9 Å². The molecule has 0 aliphatic carbocycles. The fraction of sp³-hybridized carbons (Fsp3) is 0.458. The van der Waals surface area contributed by atoms with Crippen molar-refractivity contribution in [2.75, 3.05) is 20.2 Å². The molecule has 0 bridgehead atoms. The Morgan fingerprint density at radius 3 is 2.27 bits per heavy atom. The number of ether oxygens (including phenoxy) is 1. The molecule has 0 aliphatic heterocycles. The van der Waals surface area contributed by atoms with E-state index in [9.17, 15) is 14.4 Å². The lowest BCUT2D eigenvalue weighted by atomic mass is 10.0. The zero-order chi connectivity index (χ0) is 22.6. The third kappa shape index (κ3) is 4.64. The first-order chi connectivity index (χ1) is 14.1. The second-order valence-electron chi connectivity index (χ2n) is 7.99. The number of amides is 1. The number of rotatable bonds is 8. The molecule has 0 aliphatic rings. The Bertz CT molecular complexity index is 956. The summed E-state index contributed by atoms with van der Waals surface area (Å²) in [5.41, 5.74) is 3.67. The molecular weight excluding hydrogens is 380 g/mol. The van der Waals surface area contributed by atoms with Gasteiger partial charge in [0.25, 0.3) is 5.91 Å². The normalized spacial score (nSPS) is 10.9. The number of aryl methyl sites for hydroxylation is 1. The van der Waals surface area contributed by atoms with Crippen molar-refractivity contribution >= 4 is 17.7 Å². The van der Waals surface area contributed by atoms with Crippen LogP contribution in [0.25, 0.3) is 0 Å². The first-order valence-electron chi connectivity index (χ1n) is 10.3. The highest BCUT2D eigenvalue weighted by Crippen LogP contribution is 2.24. The van der Waals surface area contributed by atoms with Crippen molar-refractivity contribution in [3.63, 3.8) is 0 Å². The Kier molecular flexibility index (Phi) is 7.59. The number of Topliss-reactive ketones (excluding diaryl/α,β-unsaturated/α-hetero) is 1. The molecule has 0 spiro atoms. The largest absolute Gasteiger partial charge is 0.464 e. The number of carbonyl (C=O) groups is 3. The predicted molar refractivity (Wildman–Crippen MR) is 117 cm³/mol. The summed E-state index contributed by atoms with van der Waals surface area (Å²) in [6.07, 6.45) is 0. The lowest BCUT2D eigenvalue weighted by molar-refractivity contribution is 0.0587. The van der Waals surface area contributed by atoms with Crippen molar-refractivity contribution in [1.29, 1.82) is 0 Å². The van der Waals surface area contributed by atoms with Crippen LogP contribution in [0.15, 0.2) is 24.3 Å². The zero-order valence-electron chi connectivity index (χ0n) is 19.0. The van der Waals surface area contributed by atoms with E-state index in [1.807, 2.05) is 52.8 Å². The van der Waals surface area contributed by atoms with Crippen LogP contribution in [0.3, 0.4) is 0 Å². The lowest BCUT2D eigenvalue weighted by Crippen LogP contribution is -2.38. The molecule has 1 amide bonds. The van der Waals surface area contributed by atoms with E-state index in [1.165, 1.54) is 7.11 Å². The molecule has 1 aromatic heterocycles. The van der Waals surface area contributed by atoms with Gasteiger partial charge < -0.3 is 14.2 Å². The zero-order valence-corrected chi connectivity index (χ0v) is 19.0. The van der Waals surface area contributed by atoms with E-state index in [0.29, 0.717) is 41.2 Å². The highest BCUT2D eigenvalue weighted by Gasteiger charge is 2.29. The molecule has 0 saturated heterocycles. The fourth-order valence-corrected chi connectivity index (χ4v) is 3.96. The van der Waals surface area contributed by atoms with E-state index < -0.39 is 5.97 Å². The van der Waals surface area contributed by atoms with E-state index >= 15 is 0 Å². The van der Waals surface area contributed by atoms with Crippen LogP contribution < -0.4 is 0 Å². The summed E-state index contributed by atoms with van der Waals surface area (Å²) in [5.74, 6) is -0.594. The van der Waals surface area contributed by atoms with Gasteiger partial charge in [0.15, 0.2) is 5.78 Å². The van der Waals surface area contributed by atoms with Gasteiger partial charge in [0.2, 0.25) is 0 Å². The summed E-state index contributed by atoms with van der Waals surface area (Å²) in [6, 6.07) is 7.39. The third-order valence-corrected chi connectivity index (χ3v) is 5.32. The highest BCUT2D eigenvalue weighted by molar-refractivity contribution is 6.06. The van der Waals surface area contributed by atoms with Gasteiger partial charge in [-0.15, -0.1) is 0 Å². The summed E-state index contributed by atoms with van der Waals surface area (Å²) >= 11 is 0. The number of carbonyl (C=O) groups excluding carboxylic acids is 3. The van der Waals surface area contributed by atoms with Gasteiger partial charge in [-0.3, -0.25) is 9.59 Å². The van der Waals surface area contributed by atoms with Crippen LogP contribution in [-0.2, 0) is 11.3 Å². The molecule has 2 aromatic rings. The van der Waals surface area contributed by atoms with E-state index in [0.717, 1.165) is 5.56 Å². The Hall–Kier alpha value is -2.89. The number of esters is 1. The Labute approximate surface area is 178 Å². The maximum absolute atomic E-state index is 13.3. The molecular formula is C24H32N2O4. The minimum absolute atomic E-state index is 0.0403. The van der Waals surface area contributed by atoms with Gasteiger partial charge in [0.1, 0.15) is 5.69 Å². The van der Waals surface area contributed by atoms with E-state index in [2.05, 4.69) is 0 Å². The number of hydrogen-bond donors (Lipinski definition) is 0. The Morgan fingerprint density at radius 1 is 1.10 bits per heavy atom. The van der Waals surface area contributed by atoms with E-state index in [4.69, 9.17) is 4.74 Å². The van der Waals surface area contributed by atoms with Gasteiger partial charge in [-0.1, -0.05) is 32.0 Å². The molecule has 0 N–H and O–H groups in total. The van der Waals surface area contributed by atoms with Gasteiger partial charge in [-0.05, 0) is 50.8 Å². The van der Waals surface area contributed by atoms with Crippen molar-refractivity contribution in [2.45, 2.75) is 48.1 Å². The Morgan fingerprint density at radius 2 is 1.73 bits per heavy atom. The van der Waals surface area contributed by atoms with Gasteiger partial charge in [0.05, 0.1) is 13.7 Å². The van der Waals surface area contributed by atoms with Crippen LogP contribution in [-0.4, -0.2) is 47.3 Å². The quantitative estimate of drug-likeness (QED) is 0.481. The summed E-state index contributed by atoms with van der Waals surface area (Å²) < 4.78 is 6.71. The molecule has 0 unspecified atom stereocenters. The van der Waals surface area contributed by atoms with Crippen molar-refractivity contribution in [1.82, 2.24) is 9.47 Å². The molecule has 2 rings (SSSR count). The average molecular weight is 413 g/mol. The second-order valence-corrected chi connectivity index (χ2v) is 7.99. The van der Waals surface area contributed by atoms with Crippen LogP contribution in [0.5, 0.6) is 0 Å². The summed E-state index contributed by atoms with van der Waals surface area (Å²) in [7, 11) is 1.33.